The molecule has 2 N–H and O–H groups in total. The summed E-state index contributed by atoms with van der Waals surface area (Å²) in [5.41, 5.74) is 1.01. The van der Waals surface area contributed by atoms with Gasteiger partial charge in [-0.1, -0.05) is 33.3 Å². The van der Waals surface area contributed by atoms with Crippen molar-refractivity contribution in [2.24, 2.45) is 4.99 Å². The highest BCUT2D eigenvalue weighted by atomic mass is 127. The van der Waals surface area contributed by atoms with Crippen LogP contribution >= 0.6 is 24.0 Å². The molecular formula is C22H34IN5O2. The largest absolute Gasteiger partial charge is 0.474 e. The van der Waals surface area contributed by atoms with Gasteiger partial charge in [-0.3, -0.25) is 4.99 Å². The van der Waals surface area contributed by atoms with E-state index in [1.54, 1.807) is 13.2 Å². The highest BCUT2D eigenvalue weighted by Gasteiger charge is 2.19. The number of pyridine rings is 1. The van der Waals surface area contributed by atoms with Crippen LogP contribution in [0.3, 0.4) is 0 Å². The molecule has 1 aliphatic carbocycles. The third kappa shape index (κ3) is 7.45. The zero-order chi connectivity index (χ0) is 20.7. The lowest BCUT2D eigenvalue weighted by atomic mass is 9.94. The van der Waals surface area contributed by atoms with E-state index < -0.39 is 0 Å². The Labute approximate surface area is 196 Å². The van der Waals surface area contributed by atoms with E-state index in [9.17, 15) is 0 Å². The van der Waals surface area contributed by atoms with Crippen LogP contribution in [-0.4, -0.2) is 29.1 Å². The minimum atomic E-state index is -0.0506. The van der Waals surface area contributed by atoms with Gasteiger partial charge in [-0.05, 0) is 31.2 Å². The fraction of sp³-hybridized carbons (Fsp3) is 0.591. The Hall–Kier alpha value is -1.84. The number of ether oxygens (including phenoxy) is 1. The Kier molecular flexibility index (Phi) is 9.38. The molecule has 0 bridgehead atoms. The van der Waals surface area contributed by atoms with Crippen LogP contribution in [0, 0.1) is 0 Å². The Morgan fingerprint density at radius 1 is 1.10 bits per heavy atom. The van der Waals surface area contributed by atoms with Gasteiger partial charge in [-0.15, -0.1) is 24.0 Å². The first kappa shape index (κ1) is 24.4. The Morgan fingerprint density at radius 2 is 1.83 bits per heavy atom. The highest BCUT2D eigenvalue weighted by molar-refractivity contribution is 14.0. The van der Waals surface area contributed by atoms with Gasteiger partial charge in [-0.25, -0.2) is 9.97 Å². The molecule has 0 spiro atoms. The summed E-state index contributed by atoms with van der Waals surface area (Å²) in [4.78, 5) is 13.0. The standard InChI is InChI=1S/C22H33N5O2.HI/c1-22(2,3)18-14-25-20(29-18)15-27-21(23-4)26-13-16-10-11-19(24-12-16)28-17-8-6-5-7-9-17;/h10-12,14,17H,5-9,13,15H2,1-4H3,(H2,23,26,27);1H. The maximum absolute atomic E-state index is 5.99. The number of hydrogen-bond acceptors (Lipinski definition) is 5. The average Bonchev–Trinajstić information content (AvgIpc) is 3.20. The molecule has 7 nitrogen and oxygen atoms in total. The lowest BCUT2D eigenvalue weighted by molar-refractivity contribution is 0.148. The topological polar surface area (TPSA) is 84.6 Å². The number of rotatable bonds is 6. The van der Waals surface area contributed by atoms with Crippen molar-refractivity contribution >= 4 is 29.9 Å². The third-order valence-corrected chi connectivity index (χ3v) is 5.02. The normalized spacial score (nSPS) is 15.4. The van der Waals surface area contributed by atoms with Gasteiger partial charge in [0.15, 0.2) is 5.96 Å². The molecule has 0 aliphatic heterocycles. The quantitative estimate of drug-likeness (QED) is 0.326. The maximum atomic E-state index is 5.99. The van der Waals surface area contributed by atoms with Gasteiger partial charge in [0, 0.05) is 31.3 Å². The molecule has 166 valence electrons. The van der Waals surface area contributed by atoms with Crippen molar-refractivity contribution in [2.75, 3.05) is 7.05 Å². The number of nitrogens with one attached hydrogen (secondary N) is 2. The van der Waals surface area contributed by atoms with Gasteiger partial charge < -0.3 is 19.8 Å². The van der Waals surface area contributed by atoms with Crippen molar-refractivity contribution in [3.63, 3.8) is 0 Å². The molecule has 0 amide bonds. The van der Waals surface area contributed by atoms with E-state index in [0.29, 0.717) is 36.9 Å². The van der Waals surface area contributed by atoms with Crippen molar-refractivity contribution in [2.45, 2.75) is 77.5 Å². The monoisotopic (exact) mass is 527 g/mol. The van der Waals surface area contributed by atoms with Gasteiger partial charge in [0.2, 0.25) is 11.8 Å². The maximum Gasteiger partial charge on any atom is 0.213 e. The van der Waals surface area contributed by atoms with E-state index in [1.165, 1.54) is 19.3 Å². The lowest BCUT2D eigenvalue weighted by Crippen LogP contribution is -2.36. The van der Waals surface area contributed by atoms with Crippen LogP contribution in [0.25, 0.3) is 0 Å². The zero-order valence-electron chi connectivity index (χ0n) is 18.4. The van der Waals surface area contributed by atoms with Gasteiger partial charge in [0.05, 0.1) is 12.7 Å². The van der Waals surface area contributed by atoms with Crippen LogP contribution in [0.2, 0.25) is 0 Å². The predicted octanol–water partition coefficient (Wildman–Crippen LogP) is 4.56. The number of oxazole rings is 1. The first-order valence-corrected chi connectivity index (χ1v) is 10.5. The Morgan fingerprint density at radius 3 is 2.43 bits per heavy atom. The summed E-state index contributed by atoms with van der Waals surface area (Å²) in [6, 6.07) is 3.98. The summed E-state index contributed by atoms with van der Waals surface area (Å²) < 4.78 is 11.8. The summed E-state index contributed by atoms with van der Waals surface area (Å²) in [6.07, 6.45) is 10.0. The third-order valence-electron chi connectivity index (χ3n) is 5.02. The summed E-state index contributed by atoms with van der Waals surface area (Å²) >= 11 is 0. The SMILES string of the molecule is CN=C(NCc1ccc(OC2CCCCC2)nc1)NCc1ncc(C(C)(C)C)o1.I. The molecule has 1 aliphatic rings. The molecule has 2 heterocycles. The predicted molar refractivity (Wildman–Crippen MR) is 129 cm³/mol. The number of aromatic nitrogens is 2. The second-order valence-electron chi connectivity index (χ2n) is 8.53. The average molecular weight is 527 g/mol. The number of halogens is 1. The molecule has 8 heteroatoms. The van der Waals surface area contributed by atoms with E-state index >= 15 is 0 Å². The van der Waals surface area contributed by atoms with E-state index in [4.69, 9.17) is 9.15 Å². The van der Waals surface area contributed by atoms with Crippen molar-refractivity contribution in [1.82, 2.24) is 20.6 Å². The summed E-state index contributed by atoms with van der Waals surface area (Å²) in [5.74, 6) is 2.91. The lowest BCUT2D eigenvalue weighted by Gasteiger charge is -2.22. The van der Waals surface area contributed by atoms with E-state index in [1.807, 2.05) is 18.3 Å². The molecule has 0 atom stereocenters. The van der Waals surface area contributed by atoms with Gasteiger partial charge in [-0.2, -0.15) is 0 Å². The number of nitrogens with zero attached hydrogens (tertiary/aromatic N) is 3. The second-order valence-corrected chi connectivity index (χ2v) is 8.53. The van der Waals surface area contributed by atoms with E-state index in [0.717, 1.165) is 24.2 Å². The first-order valence-electron chi connectivity index (χ1n) is 10.5. The van der Waals surface area contributed by atoms with Gasteiger partial charge in [0.25, 0.3) is 0 Å². The number of aliphatic imine (C=N–C) groups is 1. The first-order chi connectivity index (χ1) is 13.9. The number of hydrogen-bond donors (Lipinski definition) is 2. The van der Waals surface area contributed by atoms with Gasteiger partial charge in [0.1, 0.15) is 11.9 Å². The second kappa shape index (κ2) is 11.5. The minimum absolute atomic E-state index is 0. The van der Waals surface area contributed by atoms with Crippen molar-refractivity contribution in [3.05, 3.63) is 41.7 Å². The van der Waals surface area contributed by atoms with Crippen molar-refractivity contribution < 1.29 is 9.15 Å². The summed E-state index contributed by atoms with van der Waals surface area (Å²) in [7, 11) is 1.74. The molecule has 0 saturated heterocycles. The molecule has 2 aromatic heterocycles. The van der Waals surface area contributed by atoms with Crippen LogP contribution in [0.1, 0.15) is 70.1 Å². The van der Waals surface area contributed by atoms with Crippen LogP contribution in [-0.2, 0) is 18.5 Å². The molecule has 1 saturated carbocycles. The Bertz CT molecular complexity index is 793. The fourth-order valence-electron chi connectivity index (χ4n) is 3.24. The van der Waals surface area contributed by atoms with Crippen LogP contribution < -0.4 is 15.4 Å². The van der Waals surface area contributed by atoms with Crippen molar-refractivity contribution in [3.8, 4) is 5.88 Å². The molecule has 2 aromatic rings. The zero-order valence-corrected chi connectivity index (χ0v) is 20.7. The van der Waals surface area contributed by atoms with Gasteiger partial charge >= 0.3 is 0 Å². The molecule has 0 unspecified atom stereocenters. The molecule has 0 aromatic carbocycles. The van der Waals surface area contributed by atoms with E-state index in [-0.39, 0.29) is 29.4 Å². The summed E-state index contributed by atoms with van der Waals surface area (Å²) in [5, 5.41) is 6.51. The molecule has 30 heavy (non-hydrogen) atoms. The molecule has 1 fully saturated rings. The fourth-order valence-corrected chi connectivity index (χ4v) is 3.24. The Balaban J connectivity index is 0.00000320. The minimum Gasteiger partial charge on any atom is -0.474 e. The molecular weight excluding hydrogens is 493 g/mol. The van der Waals surface area contributed by atoms with Crippen LogP contribution in [0.5, 0.6) is 5.88 Å². The van der Waals surface area contributed by atoms with Crippen molar-refractivity contribution in [1.29, 1.82) is 0 Å². The van der Waals surface area contributed by atoms with Crippen LogP contribution in [0.15, 0.2) is 33.9 Å². The van der Waals surface area contributed by atoms with Crippen LogP contribution in [0.4, 0.5) is 0 Å². The molecule has 0 radical (unpaired) electrons. The smallest absolute Gasteiger partial charge is 0.213 e. The molecule has 3 rings (SSSR count). The van der Waals surface area contributed by atoms with E-state index in [2.05, 4.69) is 46.4 Å². The highest BCUT2D eigenvalue weighted by Crippen LogP contribution is 2.23. The summed E-state index contributed by atoms with van der Waals surface area (Å²) in [6.45, 7) is 7.40. The number of guanidine groups is 1.